The van der Waals surface area contributed by atoms with Crippen LogP contribution in [0.25, 0.3) is 0 Å². The molecule has 2 heterocycles. The number of aryl methyl sites for hydroxylation is 1. The van der Waals surface area contributed by atoms with Crippen molar-refractivity contribution in [2.75, 3.05) is 18.0 Å². The van der Waals surface area contributed by atoms with Gasteiger partial charge >= 0.3 is 0 Å². The van der Waals surface area contributed by atoms with Crippen LogP contribution in [-0.4, -0.2) is 29.0 Å². The minimum Gasteiger partial charge on any atom is -0.483 e. The molecule has 102 valence electrons. The van der Waals surface area contributed by atoms with Crippen molar-refractivity contribution in [3.63, 3.8) is 0 Å². The molecule has 1 aliphatic rings. The van der Waals surface area contributed by atoms with Gasteiger partial charge in [0.2, 0.25) is 0 Å². The number of ether oxygens (including phenoxy) is 1. The number of benzene rings is 1. The molecular formula is C14H13BrN4O. The van der Waals surface area contributed by atoms with Gasteiger partial charge in [-0.05, 0) is 34.1 Å². The first-order valence-corrected chi connectivity index (χ1v) is 7.05. The predicted octanol–water partition coefficient (Wildman–Crippen LogP) is 2.32. The van der Waals surface area contributed by atoms with E-state index < -0.39 is 0 Å². The van der Waals surface area contributed by atoms with Gasteiger partial charge in [-0.2, -0.15) is 10.4 Å². The Balaban J connectivity index is 1.60. The first kappa shape index (κ1) is 13.0. The summed E-state index contributed by atoms with van der Waals surface area (Å²) in [5.74, 6) is 0.804. The van der Waals surface area contributed by atoms with E-state index in [1.165, 1.54) is 0 Å². The summed E-state index contributed by atoms with van der Waals surface area (Å²) in [6.45, 7) is 1.68. The minimum absolute atomic E-state index is 0.189. The topological polar surface area (TPSA) is 54.1 Å². The molecule has 0 unspecified atom stereocenters. The quantitative estimate of drug-likeness (QED) is 0.865. The second kappa shape index (κ2) is 5.17. The highest BCUT2D eigenvalue weighted by atomic mass is 79.9. The number of nitriles is 1. The van der Waals surface area contributed by atoms with Gasteiger partial charge in [-0.15, -0.1) is 0 Å². The Labute approximate surface area is 125 Å². The Morgan fingerprint density at radius 3 is 2.85 bits per heavy atom. The Morgan fingerprint density at radius 1 is 1.45 bits per heavy atom. The van der Waals surface area contributed by atoms with E-state index in [1.54, 1.807) is 10.9 Å². The first-order chi connectivity index (χ1) is 9.65. The van der Waals surface area contributed by atoms with Gasteiger partial charge < -0.3 is 9.64 Å². The molecule has 5 nitrogen and oxygen atoms in total. The number of anilines is 1. The SMILES string of the molecule is Cn1cc(OC2CN(c3ccc(C#N)c(Br)c3)C2)cn1. The molecular weight excluding hydrogens is 320 g/mol. The van der Waals surface area contributed by atoms with Gasteiger partial charge in [0, 0.05) is 17.2 Å². The van der Waals surface area contributed by atoms with Crippen molar-refractivity contribution in [3.05, 3.63) is 40.6 Å². The number of nitrogens with zero attached hydrogens (tertiary/aromatic N) is 4. The van der Waals surface area contributed by atoms with Gasteiger partial charge in [-0.3, -0.25) is 4.68 Å². The fourth-order valence-corrected chi connectivity index (χ4v) is 2.62. The van der Waals surface area contributed by atoms with E-state index in [9.17, 15) is 0 Å². The maximum absolute atomic E-state index is 8.91. The highest BCUT2D eigenvalue weighted by Crippen LogP contribution is 2.28. The number of hydrogen-bond acceptors (Lipinski definition) is 4. The Morgan fingerprint density at radius 2 is 2.25 bits per heavy atom. The van der Waals surface area contributed by atoms with Gasteiger partial charge in [0.15, 0.2) is 5.75 Å². The molecule has 0 N–H and O–H groups in total. The summed E-state index contributed by atoms with van der Waals surface area (Å²) in [7, 11) is 1.87. The highest BCUT2D eigenvalue weighted by Gasteiger charge is 2.29. The molecule has 1 aromatic carbocycles. The molecule has 2 aromatic rings. The fraction of sp³-hybridized carbons (Fsp3) is 0.286. The van der Waals surface area contributed by atoms with Crippen LogP contribution in [0.4, 0.5) is 5.69 Å². The van der Waals surface area contributed by atoms with Crippen molar-refractivity contribution >= 4 is 21.6 Å². The van der Waals surface area contributed by atoms with Crippen molar-refractivity contribution < 1.29 is 4.74 Å². The predicted molar refractivity (Wildman–Crippen MR) is 78.7 cm³/mol. The summed E-state index contributed by atoms with van der Waals surface area (Å²) in [6, 6.07) is 7.90. The van der Waals surface area contributed by atoms with Crippen LogP contribution < -0.4 is 9.64 Å². The largest absolute Gasteiger partial charge is 0.483 e. The lowest BCUT2D eigenvalue weighted by atomic mass is 10.1. The first-order valence-electron chi connectivity index (χ1n) is 6.25. The van der Waals surface area contributed by atoms with Crippen molar-refractivity contribution in [2.45, 2.75) is 6.10 Å². The highest BCUT2D eigenvalue weighted by molar-refractivity contribution is 9.10. The van der Waals surface area contributed by atoms with E-state index in [0.717, 1.165) is 29.0 Å². The number of rotatable bonds is 3. The maximum atomic E-state index is 8.91. The van der Waals surface area contributed by atoms with Crippen LogP contribution >= 0.6 is 15.9 Å². The van der Waals surface area contributed by atoms with Crippen molar-refractivity contribution in [1.82, 2.24) is 9.78 Å². The van der Waals surface area contributed by atoms with Crippen LogP contribution in [-0.2, 0) is 7.05 Å². The normalized spacial score (nSPS) is 14.8. The average Bonchev–Trinajstić information content (AvgIpc) is 2.79. The molecule has 0 bridgehead atoms. The molecule has 1 fully saturated rings. The molecule has 0 atom stereocenters. The fourth-order valence-electron chi connectivity index (χ4n) is 2.17. The molecule has 3 rings (SSSR count). The zero-order chi connectivity index (χ0) is 14.1. The standard InChI is InChI=1S/C14H13BrN4O/c1-18-7-12(6-17-18)20-13-8-19(9-13)11-3-2-10(5-16)14(15)4-11/h2-4,6-7,13H,8-9H2,1H3. The third-order valence-electron chi connectivity index (χ3n) is 3.27. The molecule has 20 heavy (non-hydrogen) atoms. The van der Waals surface area contributed by atoms with E-state index >= 15 is 0 Å². The van der Waals surface area contributed by atoms with Crippen LogP contribution in [0.3, 0.4) is 0 Å². The monoisotopic (exact) mass is 332 g/mol. The second-order valence-corrected chi connectivity index (χ2v) is 5.62. The van der Waals surface area contributed by atoms with E-state index in [2.05, 4.69) is 32.0 Å². The minimum atomic E-state index is 0.189. The zero-order valence-corrected chi connectivity index (χ0v) is 12.5. The molecule has 0 amide bonds. The van der Waals surface area contributed by atoms with Crippen LogP contribution in [0.5, 0.6) is 5.75 Å². The molecule has 0 radical (unpaired) electrons. The number of hydrogen-bond donors (Lipinski definition) is 0. The summed E-state index contributed by atoms with van der Waals surface area (Å²) in [5.41, 5.74) is 1.75. The molecule has 1 aromatic heterocycles. The second-order valence-electron chi connectivity index (χ2n) is 4.77. The van der Waals surface area contributed by atoms with E-state index in [1.807, 2.05) is 31.4 Å². The van der Waals surface area contributed by atoms with Crippen LogP contribution in [0.15, 0.2) is 35.1 Å². The molecule has 0 spiro atoms. The van der Waals surface area contributed by atoms with Crippen LogP contribution in [0.2, 0.25) is 0 Å². The van der Waals surface area contributed by atoms with Gasteiger partial charge in [0.25, 0.3) is 0 Å². The summed E-state index contributed by atoms with van der Waals surface area (Å²) in [4.78, 5) is 2.22. The van der Waals surface area contributed by atoms with Gasteiger partial charge in [0.05, 0.1) is 31.0 Å². The van der Waals surface area contributed by atoms with Crippen LogP contribution in [0.1, 0.15) is 5.56 Å². The van der Waals surface area contributed by atoms with Crippen molar-refractivity contribution in [1.29, 1.82) is 5.26 Å². The van der Waals surface area contributed by atoms with E-state index in [4.69, 9.17) is 10.00 Å². The van der Waals surface area contributed by atoms with Crippen molar-refractivity contribution in [3.8, 4) is 11.8 Å². The summed E-state index contributed by atoms with van der Waals surface area (Å²) in [6.07, 6.45) is 3.77. The van der Waals surface area contributed by atoms with Gasteiger partial charge in [-0.1, -0.05) is 0 Å². The lowest BCUT2D eigenvalue weighted by molar-refractivity contribution is 0.167. The molecule has 1 saturated heterocycles. The lowest BCUT2D eigenvalue weighted by Gasteiger charge is -2.40. The van der Waals surface area contributed by atoms with Crippen LogP contribution in [0, 0.1) is 11.3 Å². The number of aromatic nitrogens is 2. The average molecular weight is 333 g/mol. The Hall–Kier alpha value is -2.00. The molecule has 0 saturated carbocycles. The third kappa shape index (κ3) is 2.49. The summed E-state index contributed by atoms with van der Waals surface area (Å²) in [5, 5.41) is 13.0. The third-order valence-corrected chi connectivity index (χ3v) is 3.93. The molecule has 1 aliphatic heterocycles. The van der Waals surface area contributed by atoms with E-state index in [-0.39, 0.29) is 6.10 Å². The zero-order valence-electron chi connectivity index (χ0n) is 11.0. The van der Waals surface area contributed by atoms with Crippen molar-refractivity contribution in [2.24, 2.45) is 7.05 Å². The van der Waals surface area contributed by atoms with E-state index in [0.29, 0.717) is 5.56 Å². The molecule has 6 heteroatoms. The molecule has 0 aliphatic carbocycles. The smallest absolute Gasteiger partial charge is 0.157 e. The van der Waals surface area contributed by atoms with Gasteiger partial charge in [-0.25, -0.2) is 0 Å². The van der Waals surface area contributed by atoms with Gasteiger partial charge in [0.1, 0.15) is 12.2 Å². The Bertz CT molecular complexity index is 670. The lowest BCUT2D eigenvalue weighted by Crippen LogP contribution is -2.54. The summed E-state index contributed by atoms with van der Waals surface area (Å²) >= 11 is 3.41. The Kier molecular flexibility index (Phi) is 3.36. The summed E-state index contributed by atoms with van der Waals surface area (Å²) < 4.78 is 8.36. The number of halogens is 1. The maximum Gasteiger partial charge on any atom is 0.157 e.